The van der Waals surface area contributed by atoms with Gasteiger partial charge in [0.1, 0.15) is 12.1 Å². The molecule has 0 aliphatic carbocycles. The fourth-order valence-electron chi connectivity index (χ4n) is 1.18. The van der Waals surface area contributed by atoms with E-state index in [0.717, 1.165) is 11.1 Å². The molecule has 2 heterocycles. The summed E-state index contributed by atoms with van der Waals surface area (Å²) in [6.45, 7) is 2.36. The average molecular weight is 178 g/mol. The number of methoxy groups -OCH3 is 1. The molecule has 2 rings (SSSR count). The van der Waals surface area contributed by atoms with Crippen LogP contribution in [0, 0.1) is 6.92 Å². The van der Waals surface area contributed by atoms with Crippen LogP contribution in [0.25, 0.3) is 11.2 Å². The van der Waals surface area contributed by atoms with Crippen LogP contribution in [-0.2, 0) is 11.3 Å². The molecule has 0 atom stereocenters. The van der Waals surface area contributed by atoms with Crippen LogP contribution in [0.1, 0.15) is 11.5 Å². The first-order chi connectivity index (χ1) is 6.31. The first-order valence-corrected chi connectivity index (χ1v) is 4.01. The molecule has 2 aromatic heterocycles. The van der Waals surface area contributed by atoms with Crippen LogP contribution in [0.15, 0.2) is 16.7 Å². The van der Waals surface area contributed by atoms with Crippen molar-refractivity contribution < 1.29 is 9.15 Å². The molecule has 2 aromatic rings. The molecule has 0 fully saturated rings. The van der Waals surface area contributed by atoms with Crippen LogP contribution in [0.5, 0.6) is 0 Å². The van der Waals surface area contributed by atoms with Gasteiger partial charge in [0, 0.05) is 13.3 Å². The Kier molecular flexibility index (Phi) is 1.98. The first kappa shape index (κ1) is 8.19. The molecule has 0 unspecified atom stereocenters. The summed E-state index contributed by atoms with van der Waals surface area (Å²) in [5.41, 5.74) is 2.46. The molecule has 68 valence electrons. The minimum atomic E-state index is 0.385. The summed E-state index contributed by atoms with van der Waals surface area (Å²) in [4.78, 5) is 8.31. The van der Waals surface area contributed by atoms with Crippen molar-refractivity contribution >= 4 is 11.2 Å². The van der Waals surface area contributed by atoms with Gasteiger partial charge in [0.25, 0.3) is 0 Å². The molecule has 4 heteroatoms. The lowest BCUT2D eigenvalue weighted by Crippen LogP contribution is -1.85. The number of rotatable bonds is 2. The Morgan fingerprint density at radius 3 is 3.08 bits per heavy atom. The predicted octanol–water partition coefficient (Wildman–Crippen LogP) is 1.68. The van der Waals surface area contributed by atoms with Gasteiger partial charge in [-0.3, -0.25) is 0 Å². The Morgan fingerprint density at radius 1 is 1.54 bits per heavy atom. The topological polar surface area (TPSA) is 48.2 Å². The molecule has 0 aliphatic rings. The second-order valence-corrected chi connectivity index (χ2v) is 2.82. The Morgan fingerprint density at radius 2 is 2.38 bits per heavy atom. The highest BCUT2D eigenvalue weighted by Crippen LogP contribution is 2.16. The van der Waals surface area contributed by atoms with Crippen LogP contribution in [0.3, 0.4) is 0 Å². The molecular formula is C9H10N2O2. The van der Waals surface area contributed by atoms with Crippen LogP contribution in [0.2, 0.25) is 0 Å². The van der Waals surface area contributed by atoms with Gasteiger partial charge in [0.05, 0.1) is 0 Å². The first-order valence-electron chi connectivity index (χ1n) is 4.01. The number of nitrogens with zero attached hydrogens (tertiary/aromatic N) is 2. The van der Waals surface area contributed by atoms with E-state index in [1.54, 1.807) is 13.3 Å². The average Bonchev–Trinajstić information content (AvgIpc) is 2.49. The lowest BCUT2D eigenvalue weighted by molar-refractivity contribution is 0.161. The van der Waals surface area contributed by atoms with Gasteiger partial charge in [0.15, 0.2) is 0 Å². The number of hydrogen-bond donors (Lipinski definition) is 0. The van der Waals surface area contributed by atoms with E-state index in [1.807, 2.05) is 13.0 Å². The normalized spacial score (nSPS) is 10.9. The summed E-state index contributed by atoms with van der Waals surface area (Å²) in [7, 11) is 1.61. The molecule has 0 bridgehead atoms. The predicted molar refractivity (Wildman–Crippen MR) is 47.3 cm³/mol. The fraction of sp³-hybridized carbons (Fsp3) is 0.333. The fourth-order valence-corrected chi connectivity index (χ4v) is 1.18. The zero-order chi connectivity index (χ0) is 9.26. The van der Waals surface area contributed by atoms with E-state index in [9.17, 15) is 0 Å². The van der Waals surface area contributed by atoms with Crippen LogP contribution < -0.4 is 0 Å². The van der Waals surface area contributed by atoms with Crippen molar-refractivity contribution in [2.24, 2.45) is 0 Å². The third-order valence-corrected chi connectivity index (χ3v) is 1.81. The Balaban J connectivity index is 2.55. The third-order valence-electron chi connectivity index (χ3n) is 1.81. The number of fused-ring (bicyclic) bond motifs is 1. The maximum absolute atomic E-state index is 5.34. The third kappa shape index (κ3) is 1.40. The standard InChI is InChI=1S/C9H10N2O2/c1-6-3-4-10-9-8(6)11-7(13-9)5-12-2/h3-4H,5H2,1-2H3. The summed E-state index contributed by atoms with van der Waals surface area (Å²) < 4.78 is 10.3. The molecule has 0 saturated heterocycles. The monoisotopic (exact) mass is 178 g/mol. The second-order valence-electron chi connectivity index (χ2n) is 2.82. The smallest absolute Gasteiger partial charge is 0.247 e. The Hall–Kier alpha value is -1.42. The van der Waals surface area contributed by atoms with E-state index < -0.39 is 0 Å². The molecular weight excluding hydrogens is 168 g/mol. The number of pyridine rings is 1. The van der Waals surface area contributed by atoms with Crippen molar-refractivity contribution in [3.63, 3.8) is 0 Å². The van der Waals surface area contributed by atoms with Crippen molar-refractivity contribution in [1.29, 1.82) is 0 Å². The molecule has 0 N–H and O–H groups in total. The van der Waals surface area contributed by atoms with E-state index in [0.29, 0.717) is 18.2 Å². The largest absolute Gasteiger partial charge is 0.420 e. The second kappa shape index (κ2) is 3.14. The van der Waals surface area contributed by atoms with Crippen molar-refractivity contribution in [3.05, 3.63) is 23.7 Å². The highest BCUT2D eigenvalue weighted by molar-refractivity contribution is 5.71. The van der Waals surface area contributed by atoms with Gasteiger partial charge in [-0.2, -0.15) is 0 Å². The lowest BCUT2D eigenvalue weighted by Gasteiger charge is -1.87. The SMILES string of the molecule is COCc1nc2c(C)ccnc2o1. The molecule has 0 radical (unpaired) electrons. The summed E-state index contributed by atoms with van der Waals surface area (Å²) >= 11 is 0. The number of ether oxygens (including phenoxy) is 1. The van der Waals surface area contributed by atoms with E-state index in [4.69, 9.17) is 9.15 Å². The maximum Gasteiger partial charge on any atom is 0.247 e. The summed E-state index contributed by atoms with van der Waals surface area (Å²) in [6.07, 6.45) is 1.71. The molecule has 0 aliphatic heterocycles. The van der Waals surface area contributed by atoms with Crippen LogP contribution in [-0.4, -0.2) is 17.1 Å². The van der Waals surface area contributed by atoms with Gasteiger partial charge >= 0.3 is 0 Å². The zero-order valence-corrected chi connectivity index (χ0v) is 7.57. The van der Waals surface area contributed by atoms with Gasteiger partial charge < -0.3 is 9.15 Å². The minimum Gasteiger partial charge on any atom is -0.420 e. The van der Waals surface area contributed by atoms with Crippen molar-refractivity contribution in [2.75, 3.05) is 7.11 Å². The molecule has 4 nitrogen and oxygen atoms in total. The van der Waals surface area contributed by atoms with E-state index >= 15 is 0 Å². The van der Waals surface area contributed by atoms with Crippen LogP contribution in [0.4, 0.5) is 0 Å². The Bertz CT molecular complexity index is 422. The van der Waals surface area contributed by atoms with Gasteiger partial charge in [-0.05, 0) is 18.6 Å². The lowest BCUT2D eigenvalue weighted by atomic mass is 10.3. The Labute approximate surface area is 75.6 Å². The van der Waals surface area contributed by atoms with Crippen molar-refractivity contribution in [1.82, 2.24) is 9.97 Å². The van der Waals surface area contributed by atoms with Gasteiger partial charge in [-0.1, -0.05) is 0 Å². The maximum atomic E-state index is 5.34. The van der Waals surface area contributed by atoms with E-state index in [1.165, 1.54) is 0 Å². The highest BCUT2D eigenvalue weighted by atomic mass is 16.5. The number of aromatic nitrogens is 2. The highest BCUT2D eigenvalue weighted by Gasteiger charge is 2.07. The number of hydrogen-bond acceptors (Lipinski definition) is 4. The summed E-state index contributed by atoms with van der Waals surface area (Å²) in [5, 5.41) is 0. The molecule has 0 spiro atoms. The van der Waals surface area contributed by atoms with E-state index in [2.05, 4.69) is 9.97 Å². The molecule has 0 aromatic carbocycles. The zero-order valence-electron chi connectivity index (χ0n) is 7.57. The van der Waals surface area contributed by atoms with E-state index in [-0.39, 0.29) is 0 Å². The van der Waals surface area contributed by atoms with Gasteiger partial charge in [0.2, 0.25) is 11.6 Å². The number of oxazole rings is 1. The van der Waals surface area contributed by atoms with Crippen LogP contribution >= 0.6 is 0 Å². The minimum absolute atomic E-state index is 0.385. The summed E-state index contributed by atoms with van der Waals surface area (Å²) in [6, 6.07) is 1.90. The van der Waals surface area contributed by atoms with Crippen molar-refractivity contribution in [3.8, 4) is 0 Å². The molecule has 0 amide bonds. The van der Waals surface area contributed by atoms with Crippen molar-refractivity contribution in [2.45, 2.75) is 13.5 Å². The van der Waals surface area contributed by atoms with Gasteiger partial charge in [-0.25, -0.2) is 9.97 Å². The molecule has 0 saturated carbocycles. The van der Waals surface area contributed by atoms with Gasteiger partial charge in [-0.15, -0.1) is 0 Å². The molecule has 13 heavy (non-hydrogen) atoms. The number of aryl methyl sites for hydroxylation is 1. The quantitative estimate of drug-likeness (QED) is 0.701. The summed E-state index contributed by atoms with van der Waals surface area (Å²) in [5.74, 6) is 0.569.